The second kappa shape index (κ2) is 9.68. The molecular weight excluding hydrogens is 394 g/mol. The van der Waals surface area contributed by atoms with Crippen molar-refractivity contribution in [2.24, 2.45) is 0 Å². The SMILES string of the molecule is O=S(=O)(NCCc1ccc(CCNc2ccncc2)cc1)c1ccc(Cl)cc1. The van der Waals surface area contributed by atoms with Crippen LogP contribution < -0.4 is 10.0 Å². The van der Waals surface area contributed by atoms with Gasteiger partial charge in [0.2, 0.25) is 10.0 Å². The number of sulfonamides is 1. The second-order valence-electron chi connectivity index (χ2n) is 6.33. The Kier molecular flexibility index (Phi) is 7.03. The van der Waals surface area contributed by atoms with Gasteiger partial charge in [-0.25, -0.2) is 13.1 Å². The van der Waals surface area contributed by atoms with E-state index in [1.807, 2.05) is 24.3 Å². The molecule has 0 fully saturated rings. The Hall–Kier alpha value is -2.41. The normalized spacial score (nSPS) is 11.3. The van der Waals surface area contributed by atoms with E-state index in [9.17, 15) is 8.42 Å². The zero-order valence-electron chi connectivity index (χ0n) is 15.3. The Morgan fingerprint density at radius 1 is 0.786 bits per heavy atom. The summed E-state index contributed by atoms with van der Waals surface area (Å²) >= 11 is 5.80. The summed E-state index contributed by atoms with van der Waals surface area (Å²) in [4.78, 5) is 4.21. The third-order valence-electron chi connectivity index (χ3n) is 4.28. The van der Waals surface area contributed by atoms with Crippen LogP contribution >= 0.6 is 11.6 Å². The number of pyridine rings is 1. The molecule has 0 aliphatic carbocycles. The molecule has 0 aliphatic heterocycles. The first kappa shape index (κ1) is 20.3. The minimum Gasteiger partial charge on any atom is -0.385 e. The fourth-order valence-electron chi connectivity index (χ4n) is 2.72. The summed E-state index contributed by atoms with van der Waals surface area (Å²) in [6.45, 7) is 1.18. The molecule has 0 aliphatic rings. The monoisotopic (exact) mass is 415 g/mol. The van der Waals surface area contributed by atoms with Gasteiger partial charge in [-0.05, 0) is 60.4 Å². The lowest BCUT2D eigenvalue weighted by molar-refractivity contribution is 0.581. The van der Waals surface area contributed by atoms with Gasteiger partial charge in [-0.15, -0.1) is 0 Å². The van der Waals surface area contributed by atoms with E-state index in [4.69, 9.17) is 11.6 Å². The van der Waals surface area contributed by atoms with Crippen molar-refractivity contribution < 1.29 is 8.42 Å². The van der Waals surface area contributed by atoms with Crippen LogP contribution in [0.2, 0.25) is 5.02 Å². The highest BCUT2D eigenvalue weighted by molar-refractivity contribution is 7.89. The van der Waals surface area contributed by atoms with Gasteiger partial charge in [-0.3, -0.25) is 4.98 Å². The number of halogens is 1. The predicted molar refractivity (Wildman–Crippen MR) is 113 cm³/mol. The van der Waals surface area contributed by atoms with E-state index in [1.54, 1.807) is 24.5 Å². The number of nitrogens with zero attached hydrogens (tertiary/aromatic N) is 1. The highest BCUT2D eigenvalue weighted by Crippen LogP contribution is 2.14. The van der Waals surface area contributed by atoms with E-state index in [2.05, 4.69) is 27.2 Å². The second-order valence-corrected chi connectivity index (χ2v) is 8.53. The number of hydrogen-bond acceptors (Lipinski definition) is 4. The maximum Gasteiger partial charge on any atom is 0.240 e. The molecule has 1 heterocycles. The molecule has 0 saturated carbocycles. The average Bonchev–Trinajstić information content (AvgIpc) is 2.70. The molecule has 7 heteroatoms. The number of rotatable bonds is 9. The highest BCUT2D eigenvalue weighted by atomic mass is 35.5. The Balaban J connectivity index is 1.44. The van der Waals surface area contributed by atoms with E-state index < -0.39 is 10.0 Å². The number of benzene rings is 2. The highest BCUT2D eigenvalue weighted by Gasteiger charge is 2.12. The summed E-state index contributed by atoms with van der Waals surface area (Å²) in [5.74, 6) is 0. The zero-order valence-corrected chi connectivity index (χ0v) is 16.9. The fraction of sp³-hybridized carbons (Fsp3) is 0.190. The van der Waals surface area contributed by atoms with Crippen molar-refractivity contribution in [1.29, 1.82) is 0 Å². The molecule has 146 valence electrons. The fourth-order valence-corrected chi connectivity index (χ4v) is 3.88. The van der Waals surface area contributed by atoms with Gasteiger partial charge in [0.25, 0.3) is 0 Å². The molecular formula is C21H22ClN3O2S. The van der Waals surface area contributed by atoms with E-state index in [-0.39, 0.29) is 4.90 Å². The van der Waals surface area contributed by atoms with Crippen molar-refractivity contribution in [2.75, 3.05) is 18.4 Å². The van der Waals surface area contributed by atoms with Crippen molar-refractivity contribution in [3.8, 4) is 0 Å². The van der Waals surface area contributed by atoms with Gasteiger partial charge in [0, 0.05) is 36.2 Å². The van der Waals surface area contributed by atoms with Gasteiger partial charge in [-0.1, -0.05) is 35.9 Å². The maximum atomic E-state index is 12.3. The van der Waals surface area contributed by atoms with E-state index in [0.29, 0.717) is 18.0 Å². The molecule has 0 atom stereocenters. The molecule has 2 aromatic carbocycles. The first-order chi connectivity index (χ1) is 13.5. The van der Waals surface area contributed by atoms with Crippen LogP contribution in [-0.4, -0.2) is 26.5 Å². The molecule has 0 spiro atoms. The molecule has 0 bridgehead atoms. The van der Waals surface area contributed by atoms with Crippen LogP contribution in [-0.2, 0) is 22.9 Å². The van der Waals surface area contributed by atoms with Gasteiger partial charge in [-0.2, -0.15) is 0 Å². The van der Waals surface area contributed by atoms with Gasteiger partial charge in [0.1, 0.15) is 0 Å². The Morgan fingerprint density at radius 3 is 1.96 bits per heavy atom. The largest absolute Gasteiger partial charge is 0.385 e. The molecule has 28 heavy (non-hydrogen) atoms. The lowest BCUT2D eigenvalue weighted by Crippen LogP contribution is -2.25. The number of aromatic nitrogens is 1. The Morgan fingerprint density at radius 2 is 1.36 bits per heavy atom. The van der Waals surface area contributed by atoms with Crippen LogP contribution in [0.15, 0.2) is 78.0 Å². The molecule has 3 aromatic rings. The molecule has 0 unspecified atom stereocenters. The molecule has 1 aromatic heterocycles. The van der Waals surface area contributed by atoms with E-state index in [0.717, 1.165) is 24.2 Å². The average molecular weight is 416 g/mol. The molecule has 0 radical (unpaired) electrons. The predicted octanol–water partition coefficient (Wildman–Crippen LogP) is 3.91. The third-order valence-corrected chi connectivity index (χ3v) is 6.00. The topological polar surface area (TPSA) is 71.1 Å². The summed E-state index contributed by atoms with van der Waals surface area (Å²) < 4.78 is 27.1. The van der Waals surface area contributed by atoms with Gasteiger partial charge in [0.15, 0.2) is 0 Å². The minimum absolute atomic E-state index is 0.217. The first-order valence-corrected chi connectivity index (χ1v) is 10.9. The summed E-state index contributed by atoms with van der Waals surface area (Å²) in [6.07, 6.45) is 5.06. The van der Waals surface area contributed by atoms with E-state index >= 15 is 0 Å². The third kappa shape index (κ3) is 6.05. The van der Waals surface area contributed by atoms with Crippen LogP contribution in [0.3, 0.4) is 0 Å². The van der Waals surface area contributed by atoms with Crippen molar-refractivity contribution in [3.05, 3.63) is 89.2 Å². The standard InChI is InChI=1S/C21H22ClN3O2S/c22-19-5-7-21(8-6-19)28(26,27)25-16-10-18-3-1-17(2-4-18)9-15-24-20-11-13-23-14-12-20/h1-8,11-14,25H,9-10,15-16H2,(H,23,24). The minimum atomic E-state index is -3.52. The quantitative estimate of drug-likeness (QED) is 0.555. The summed E-state index contributed by atoms with van der Waals surface area (Å²) in [6, 6.07) is 18.3. The van der Waals surface area contributed by atoms with Crippen molar-refractivity contribution in [3.63, 3.8) is 0 Å². The first-order valence-electron chi connectivity index (χ1n) is 9.00. The van der Waals surface area contributed by atoms with Crippen LogP contribution in [0.1, 0.15) is 11.1 Å². The van der Waals surface area contributed by atoms with Gasteiger partial charge in [0.05, 0.1) is 4.90 Å². The molecule has 2 N–H and O–H groups in total. The summed E-state index contributed by atoms with van der Waals surface area (Å²) in [7, 11) is -3.52. The zero-order chi connectivity index (χ0) is 19.8. The Bertz CT molecular complexity index is 976. The van der Waals surface area contributed by atoms with Crippen LogP contribution in [0.25, 0.3) is 0 Å². The number of nitrogens with one attached hydrogen (secondary N) is 2. The number of hydrogen-bond donors (Lipinski definition) is 2. The maximum absolute atomic E-state index is 12.3. The van der Waals surface area contributed by atoms with Crippen LogP contribution in [0.5, 0.6) is 0 Å². The summed E-state index contributed by atoms with van der Waals surface area (Å²) in [5, 5.41) is 3.86. The summed E-state index contributed by atoms with van der Waals surface area (Å²) in [5.41, 5.74) is 3.37. The lowest BCUT2D eigenvalue weighted by atomic mass is 10.1. The van der Waals surface area contributed by atoms with Crippen LogP contribution in [0, 0.1) is 0 Å². The van der Waals surface area contributed by atoms with Crippen LogP contribution in [0.4, 0.5) is 5.69 Å². The van der Waals surface area contributed by atoms with Gasteiger partial charge >= 0.3 is 0 Å². The van der Waals surface area contributed by atoms with Crippen molar-refractivity contribution >= 4 is 27.3 Å². The lowest BCUT2D eigenvalue weighted by Gasteiger charge is -2.08. The molecule has 0 amide bonds. The number of anilines is 1. The van der Waals surface area contributed by atoms with Crippen molar-refractivity contribution in [1.82, 2.24) is 9.71 Å². The van der Waals surface area contributed by atoms with E-state index in [1.165, 1.54) is 17.7 Å². The molecule has 3 rings (SSSR count). The smallest absolute Gasteiger partial charge is 0.240 e. The molecule has 5 nitrogen and oxygen atoms in total. The Labute approximate surface area is 170 Å². The van der Waals surface area contributed by atoms with Gasteiger partial charge < -0.3 is 5.32 Å². The molecule has 0 saturated heterocycles. The van der Waals surface area contributed by atoms with Crippen molar-refractivity contribution in [2.45, 2.75) is 17.7 Å².